The molecule has 0 spiro atoms. The van der Waals surface area contributed by atoms with Gasteiger partial charge in [0.2, 0.25) is 0 Å². The number of carbonyl (C=O) groups is 2. The van der Waals surface area contributed by atoms with Gasteiger partial charge >= 0.3 is 6.09 Å². The van der Waals surface area contributed by atoms with Gasteiger partial charge in [-0.3, -0.25) is 10.1 Å². The van der Waals surface area contributed by atoms with Crippen molar-refractivity contribution in [1.29, 1.82) is 0 Å². The Morgan fingerprint density at radius 3 is 2.43 bits per heavy atom. The van der Waals surface area contributed by atoms with Crippen LogP contribution >= 0.6 is 0 Å². The lowest BCUT2D eigenvalue weighted by Crippen LogP contribution is -2.44. The van der Waals surface area contributed by atoms with Gasteiger partial charge in [0.1, 0.15) is 12.2 Å². The van der Waals surface area contributed by atoms with E-state index in [4.69, 9.17) is 14.2 Å². The lowest BCUT2D eigenvalue weighted by Gasteiger charge is -2.18. The maximum atomic E-state index is 12.4. The molecule has 146 valence electrons. The second-order valence-electron chi connectivity index (χ2n) is 6.98. The van der Waals surface area contributed by atoms with Gasteiger partial charge in [-0.25, -0.2) is 4.79 Å². The van der Waals surface area contributed by atoms with E-state index in [1.54, 1.807) is 24.3 Å². The first-order valence-electron chi connectivity index (χ1n) is 9.23. The molecule has 2 aliphatic heterocycles. The molecule has 2 amide bonds. The number of ether oxygens (including phenoxy) is 3. The second kappa shape index (κ2) is 8.00. The van der Waals surface area contributed by atoms with E-state index >= 15 is 0 Å². The van der Waals surface area contributed by atoms with Crippen LogP contribution in [0.1, 0.15) is 15.9 Å². The van der Waals surface area contributed by atoms with Crippen LogP contribution in [-0.4, -0.2) is 49.6 Å². The predicted molar refractivity (Wildman–Crippen MR) is 102 cm³/mol. The summed E-state index contributed by atoms with van der Waals surface area (Å²) in [5.74, 6) is -0.177. The molecule has 2 N–H and O–H groups in total. The Kier molecular flexibility index (Phi) is 5.27. The highest BCUT2D eigenvalue weighted by Crippen LogP contribution is 2.29. The molecule has 2 aliphatic rings. The molecule has 0 bridgehead atoms. The third-order valence-corrected chi connectivity index (χ3v) is 4.92. The second-order valence-corrected chi connectivity index (χ2v) is 6.98. The van der Waals surface area contributed by atoms with Crippen LogP contribution in [0, 0.1) is 6.92 Å². The summed E-state index contributed by atoms with van der Waals surface area (Å²) in [6.45, 7) is 2.51. The fourth-order valence-electron chi connectivity index (χ4n) is 3.45. The Balaban J connectivity index is 1.32. The van der Waals surface area contributed by atoms with Gasteiger partial charge in [0.15, 0.2) is 6.10 Å². The Morgan fingerprint density at radius 1 is 0.964 bits per heavy atom. The Labute approximate surface area is 163 Å². The Morgan fingerprint density at radius 2 is 1.68 bits per heavy atom. The first-order valence-corrected chi connectivity index (χ1v) is 9.23. The van der Waals surface area contributed by atoms with Gasteiger partial charge in [0.05, 0.1) is 19.3 Å². The van der Waals surface area contributed by atoms with Crippen molar-refractivity contribution in [3.8, 4) is 0 Å². The molecule has 28 heavy (non-hydrogen) atoms. The number of fused-ring (bicyclic) bond motifs is 1. The number of benzene rings is 2. The van der Waals surface area contributed by atoms with Crippen LogP contribution in [0.4, 0.5) is 10.5 Å². The van der Waals surface area contributed by atoms with Crippen molar-refractivity contribution >= 4 is 17.7 Å². The topological polar surface area (TPSA) is 85.9 Å². The molecular formula is C21H22N2O5. The zero-order valence-corrected chi connectivity index (χ0v) is 15.5. The van der Waals surface area contributed by atoms with E-state index in [0.717, 1.165) is 5.56 Å². The third-order valence-electron chi connectivity index (χ3n) is 4.92. The first kappa shape index (κ1) is 18.5. The highest BCUT2D eigenvalue weighted by molar-refractivity contribution is 5.94. The molecule has 4 atom stereocenters. The number of rotatable bonds is 4. The number of anilines is 1. The lowest BCUT2D eigenvalue weighted by molar-refractivity contribution is 0.00862. The van der Waals surface area contributed by atoms with Crippen molar-refractivity contribution in [2.45, 2.75) is 31.3 Å². The van der Waals surface area contributed by atoms with Crippen molar-refractivity contribution in [1.82, 2.24) is 5.32 Å². The molecule has 2 aromatic rings. The van der Waals surface area contributed by atoms with Crippen molar-refractivity contribution in [3.05, 3.63) is 65.7 Å². The maximum Gasteiger partial charge on any atom is 0.412 e. The molecule has 0 unspecified atom stereocenters. The normalized spacial score (nSPS) is 25.8. The molecule has 2 heterocycles. The van der Waals surface area contributed by atoms with Crippen LogP contribution in [0.3, 0.4) is 0 Å². The van der Waals surface area contributed by atoms with Crippen LogP contribution in [0.5, 0.6) is 0 Å². The largest absolute Gasteiger partial charge is 0.441 e. The summed E-state index contributed by atoms with van der Waals surface area (Å²) >= 11 is 0. The van der Waals surface area contributed by atoms with Crippen molar-refractivity contribution in [2.24, 2.45) is 0 Å². The fraction of sp³-hybridized carbons (Fsp3) is 0.333. The summed E-state index contributed by atoms with van der Waals surface area (Å²) < 4.78 is 17.0. The number of carbonyl (C=O) groups excluding carboxylic acids is 2. The summed E-state index contributed by atoms with van der Waals surface area (Å²) in [5, 5.41) is 5.63. The molecule has 0 aliphatic carbocycles. The summed E-state index contributed by atoms with van der Waals surface area (Å²) in [6, 6.07) is 16.1. The van der Waals surface area contributed by atoms with Gasteiger partial charge in [-0.15, -0.1) is 0 Å². The number of hydrogen-bond donors (Lipinski definition) is 2. The number of hydrogen-bond acceptors (Lipinski definition) is 5. The van der Waals surface area contributed by atoms with E-state index < -0.39 is 18.3 Å². The van der Waals surface area contributed by atoms with Crippen LogP contribution in [-0.2, 0) is 14.2 Å². The molecule has 0 aromatic heterocycles. The van der Waals surface area contributed by atoms with Gasteiger partial charge in [0.25, 0.3) is 5.91 Å². The average molecular weight is 382 g/mol. The van der Waals surface area contributed by atoms with E-state index in [0.29, 0.717) is 17.9 Å². The van der Waals surface area contributed by atoms with Crippen LogP contribution < -0.4 is 10.6 Å². The number of para-hydroxylation sites is 1. The molecule has 0 saturated carbocycles. The zero-order valence-electron chi connectivity index (χ0n) is 15.5. The van der Waals surface area contributed by atoms with E-state index in [9.17, 15) is 9.59 Å². The van der Waals surface area contributed by atoms with E-state index in [1.807, 2.05) is 37.3 Å². The molecular weight excluding hydrogens is 360 g/mol. The lowest BCUT2D eigenvalue weighted by atomic mass is 10.1. The quantitative estimate of drug-likeness (QED) is 0.849. The zero-order chi connectivity index (χ0) is 19.5. The summed E-state index contributed by atoms with van der Waals surface area (Å²) in [7, 11) is 0. The SMILES string of the molecule is Cc1ccc(C(=O)N[C@@H]2CO[C@@H]3[C@@H]2OC[C@H]3OC(=O)Nc2ccccc2)cc1. The van der Waals surface area contributed by atoms with Crippen LogP contribution in [0.15, 0.2) is 54.6 Å². The molecule has 4 rings (SSSR count). The van der Waals surface area contributed by atoms with Crippen molar-refractivity contribution < 1.29 is 23.8 Å². The van der Waals surface area contributed by atoms with Crippen LogP contribution in [0.2, 0.25) is 0 Å². The van der Waals surface area contributed by atoms with Crippen molar-refractivity contribution in [3.63, 3.8) is 0 Å². The summed E-state index contributed by atoms with van der Waals surface area (Å²) in [4.78, 5) is 24.6. The number of nitrogens with one attached hydrogen (secondary N) is 2. The van der Waals surface area contributed by atoms with Gasteiger partial charge < -0.3 is 19.5 Å². The smallest absolute Gasteiger partial charge is 0.412 e. The minimum absolute atomic E-state index is 0.177. The third kappa shape index (κ3) is 4.00. The van der Waals surface area contributed by atoms with Gasteiger partial charge in [-0.05, 0) is 31.2 Å². The predicted octanol–water partition coefficient (Wildman–Crippen LogP) is 2.51. The molecule has 0 radical (unpaired) electrons. The number of aryl methyl sites for hydroxylation is 1. The average Bonchev–Trinajstić information content (AvgIpc) is 3.27. The van der Waals surface area contributed by atoms with Gasteiger partial charge in [-0.1, -0.05) is 35.9 Å². The minimum Gasteiger partial charge on any atom is -0.441 e. The van der Waals surface area contributed by atoms with E-state index in [2.05, 4.69) is 10.6 Å². The molecule has 7 nitrogen and oxygen atoms in total. The standard InChI is InChI=1S/C21H22N2O5/c1-13-7-9-14(10-8-13)20(24)23-16-11-26-19-17(12-27-18(16)19)28-21(25)22-15-5-3-2-4-6-15/h2-10,16-19H,11-12H2,1H3,(H,22,25)(H,23,24)/t16-,17-,18-,19+/m1/s1. The van der Waals surface area contributed by atoms with Crippen molar-refractivity contribution in [2.75, 3.05) is 18.5 Å². The minimum atomic E-state index is -0.559. The fourth-order valence-corrected chi connectivity index (χ4v) is 3.45. The summed E-state index contributed by atoms with van der Waals surface area (Å²) in [5.41, 5.74) is 2.33. The van der Waals surface area contributed by atoms with Gasteiger partial charge in [-0.2, -0.15) is 0 Å². The van der Waals surface area contributed by atoms with E-state index in [-0.39, 0.29) is 24.7 Å². The highest BCUT2D eigenvalue weighted by Gasteiger charge is 2.50. The Bertz CT molecular complexity index is 840. The van der Waals surface area contributed by atoms with E-state index in [1.165, 1.54) is 0 Å². The molecule has 2 fully saturated rings. The van der Waals surface area contributed by atoms with Crippen LogP contribution in [0.25, 0.3) is 0 Å². The number of amides is 2. The first-order chi connectivity index (χ1) is 13.6. The maximum absolute atomic E-state index is 12.4. The molecule has 2 aromatic carbocycles. The molecule has 2 saturated heterocycles. The monoisotopic (exact) mass is 382 g/mol. The van der Waals surface area contributed by atoms with Gasteiger partial charge in [0, 0.05) is 11.3 Å². The highest BCUT2D eigenvalue weighted by atomic mass is 16.6. The molecule has 7 heteroatoms. The summed E-state index contributed by atoms with van der Waals surface area (Å²) in [6.07, 6.45) is -1.82. The Hall–Kier alpha value is -2.90.